The summed E-state index contributed by atoms with van der Waals surface area (Å²) in [5.41, 5.74) is 2.65. The van der Waals surface area contributed by atoms with Crippen LogP contribution in [0.4, 0.5) is 5.69 Å². The largest absolute Gasteiger partial charge is 0.496 e. The van der Waals surface area contributed by atoms with Crippen LogP contribution in [0.3, 0.4) is 0 Å². The first-order valence-electron chi connectivity index (χ1n) is 12.2. The van der Waals surface area contributed by atoms with Gasteiger partial charge in [0.15, 0.2) is 0 Å². The molecule has 6 nitrogen and oxygen atoms in total. The second kappa shape index (κ2) is 7.47. The highest BCUT2D eigenvalue weighted by Gasteiger charge is 2.56. The van der Waals surface area contributed by atoms with Crippen molar-refractivity contribution in [2.75, 3.05) is 19.5 Å². The summed E-state index contributed by atoms with van der Waals surface area (Å²) >= 11 is 0. The number of methoxy groups -OCH3 is 1. The molecule has 0 radical (unpaired) electrons. The summed E-state index contributed by atoms with van der Waals surface area (Å²) in [6.07, 6.45) is 7.31. The third kappa shape index (κ3) is 3.42. The average Bonchev–Trinajstić information content (AvgIpc) is 3.60. The van der Waals surface area contributed by atoms with Gasteiger partial charge in [0.1, 0.15) is 5.75 Å². The number of carbonyl (C=O) groups excluding carboxylic acids is 1. The number of rotatable bonds is 6. The van der Waals surface area contributed by atoms with E-state index in [1.165, 1.54) is 0 Å². The Labute approximate surface area is 191 Å². The highest BCUT2D eigenvalue weighted by Crippen LogP contribution is 2.56. The molecule has 3 saturated carbocycles. The van der Waals surface area contributed by atoms with Crippen LogP contribution in [0, 0.1) is 16.7 Å². The number of aliphatic hydroxyl groups is 1. The molecular formula is C26H37N3O3. The van der Waals surface area contributed by atoms with Crippen LogP contribution in [-0.2, 0) is 4.79 Å². The van der Waals surface area contributed by atoms with Crippen molar-refractivity contribution < 1.29 is 14.6 Å². The smallest absolute Gasteiger partial charge is 0.231 e. The average molecular weight is 440 g/mol. The third-order valence-electron chi connectivity index (χ3n) is 8.57. The first-order chi connectivity index (χ1) is 15.2. The van der Waals surface area contributed by atoms with Gasteiger partial charge in [-0.05, 0) is 81.8 Å². The Hall–Kier alpha value is -2.08. The fraction of sp³-hybridized carbons (Fsp3) is 0.692. The van der Waals surface area contributed by atoms with Crippen molar-refractivity contribution in [1.29, 1.82) is 5.41 Å². The standard InChI is InChI=1S/C26H37N3O3/c1-15(23(27)22-19(28-3)7-8-20(32-4)21(22)16-5-6-16)24(30)29-17-9-10-26(31)13-18(29)12-25(2,11-17)14-26/h7-8,15-18,27-28,31H,5-6,9-14H2,1-4H3. The number of nitrogens with zero attached hydrogens (tertiary/aromatic N) is 1. The van der Waals surface area contributed by atoms with Crippen LogP contribution in [0.2, 0.25) is 0 Å². The van der Waals surface area contributed by atoms with E-state index in [0.717, 1.165) is 67.5 Å². The molecule has 2 aliphatic heterocycles. The summed E-state index contributed by atoms with van der Waals surface area (Å²) in [6, 6.07) is 4.18. The van der Waals surface area contributed by atoms with Gasteiger partial charge in [-0.15, -0.1) is 0 Å². The lowest BCUT2D eigenvalue weighted by Gasteiger charge is -2.54. The van der Waals surface area contributed by atoms with Crippen LogP contribution in [0.15, 0.2) is 12.1 Å². The minimum absolute atomic E-state index is 0.0461. The molecule has 3 aliphatic carbocycles. The Balaban J connectivity index is 1.47. The van der Waals surface area contributed by atoms with Gasteiger partial charge in [0.25, 0.3) is 0 Å². The molecule has 32 heavy (non-hydrogen) atoms. The van der Waals surface area contributed by atoms with Gasteiger partial charge < -0.3 is 25.5 Å². The molecule has 5 fully saturated rings. The second-order valence-electron chi connectivity index (χ2n) is 11.2. The van der Waals surface area contributed by atoms with Gasteiger partial charge in [-0.3, -0.25) is 4.79 Å². The monoisotopic (exact) mass is 439 g/mol. The van der Waals surface area contributed by atoms with Gasteiger partial charge in [0.05, 0.1) is 24.3 Å². The SMILES string of the molecule is CNc1ccc(OC)c(C2CC2)c1C(=N)C(C)C(=O)N1C2CCC3(O)CC1CC(C)(C2)C3. The number of hydrogen-bond acceptors (Lipinski definition) is 5. The Morgan fingerprint density at radius 2 is 1.97 bits per heavy atom. The zero-order chi connectivity index (χ0) is 22.8. The number of nitrogens with one attached hydrogen (secondary N) is 2. The van der Waals surface area contributed by atoms with E-state index < -0.39 is 11.5 Å². The molecule has 5 unspecified atom stereocenters. The molecule has 6 heteroatoms. The summed E-state index contributed by atoms with van der Waals surface area (Å²) < 4.78 is 5.66. The number of fused-ring (bicyclic) bond motifs is 1. The summed E-state index contributed by atoms with van der Waals surface area (Å²) in [7, 11) is 3.55. The maximum atomic E-state index is 13.9. The van der Waals surface area contributed by atoms with Crippen molar-refractivity contribution in [1.82, 2.24) is 4.90 Å². The van der Waals surface area contributed by atoms with Crippen molar-refractivity contribution in [2.24, 2.45) is 11.3 Å². The molecule has 1 aromatic carbocycles. The molecule has 4 bridgehead atoms. The quantitative estimate of drug-likeness (QED) is 0.577. The predicted octanol–water partition coefficient (Wildman–Crippen LogP) is 4.30. The van der Waals surface area contributed by atoms with Crippen LogP contribution in [0.25, 0.3) is 0 Å². The molecule has 1 aromatic rings. The normalized spacial score (nSPS) is 34.2. The highest BCUT2D eigenvalue weighted by molar-refractivity contribution is 6.15. The summed E-state index contributed by atoms with van der Waals surface area (Å²) in [5.74, 6) is 0.721. The van der Waals surface area contributed by atoms with Gasteiger partial charge in [-0.25, -0.2) is 0 Å². The molecule has 0 aromatic heterocycles. The van der Waals surface area contributed by atoms with Gasteiger partial charge in [-0.1, -0.05) is 6.92 Å². The van der Waals surface area contributed by atoms with Crippen molar-refractivity contribution in [3.63, 3.8) is 0 Å². The molecule has 5 aliphatic rings. The number of carbonyl (C=O) groups is 1. The minimum Gasteiger partial charge on any atom is -0.496 e. The van der Waals surface area contributed by atoms with Crippen molar-refractivity contribution >= 4 is 17.3 Å². The van der Waals surface area contributed by atoms with Gasteiger partial charge in [0, 0.05) is 35.9 Å². The fourth-order valence-corrected chi connectivity index (χ4v) is 7.18. The number of hydrogen-bond donors (Lipinski definition) is 3. The summed E-state index contributed by atoms with van der Waals surface area (Å²) in [6.45, 7) is 4.17. The van der Waals surface area contributed by atoms with E-state index in [1.54, 1.807) is 7.11 Å². The molecule has 2 saturated heterocycles. The van der Waals surface area contributed by atoms with Crippen LogP contribution in [-0.4, -0.2) is 53.5 Å². The maximum absolute atomic E-state index is 13.9. The highest BCUT2D eigenvalue weighted by atomic mass is 16.5. The summed E-state index contributed by atoms with van der Waals surface area (Å²) in [5, 5.41) is 23.6. The maximum Gasteiger partial charge on any atom is 0.231 e. The number of benzene rings is 1. The lowest BCUT2D eigenvalue weighted by molar-refractivity contribution is -0.150. The number of ether oxygens (including phenoxy) is 1. The van der Waals surface area contributed by atoms with Crippen molar-refractivity contribution in [2.45, 2.75) is 88.8 Å². The zero-order valence-corrected chi connectivity index (χ0v) is 19.8. The van der Waals surface area contributed by atoms with Crippen molar-refractivity contribution in [3.8, 4) is 5.75 Å². The molecular weight excluding hydrogens is 402 g/mol. The predicted molar refractivity (Wildman–Crippen MR) is 126 cm³/mol. The Bertz CT molecular complexity index is 952. The lowest BCUT2D eigenvalue weighted by Crippen LogP contribution is -2.59. The first kappa shape index (κ1) is 21.7. The van der Waals surface area contributed by atoms with E-state index in [2.05, 4.69) is 17.1 Å². The number of piperidine rings is 1. The van der Waals surface area contributed by atoms with Crippen LogP contribution in [0.1, 0.15) is 82.3 Å². The first-order valence-corrected chi connectivity index (χ1v) is 12.2. The van der Waals surface area contributed by atoms with Crippen LogP contribution < -0.4 is 10.1 Å². The van der Waals surface area contributed by atoms with Gasteiger partial charge >= 0.3 is 0 Å². The van der Waals surface area contributed by atoms with Gasteiger partial charge in [-0.2, -0.15) is 0 Å². The molecule has 3 N–H and O–H groups in total. The van der Waals surface area contributed by atoms with Crippen molar-refractivity contribution in [3.05, 3.63) is 23.3 Å². The minimum atomic E-state index is -0.635. The lowest BCUT2D eigenvalue weighted by atomic mass is 9.63. The molecule has 1 amide bonds. The Morgan fingerprint density at radius 3 is 2.62 bits per heavy atom. The molecule has 174 valence electrons. The Morgan fingerprint density at radius 1 is 1.25 bits per heavy atom. The fourth-order valence-electron chi connectivity index (χ4n) is 7.18. The summed E-state index contributed by atoms with van der Waals surface area (Å²) in [4.78, 5) is 16.0. The van der Waals surface area contributed by atoms with E-state index in [9.17, 15) is 9.90 Å². The third-order valence-corrected chi connectivity index (χ3v) is 8.57. The van der Waals surface area contributed by atoms with E-state index in [1.807, 2.05) is 26.1 Å². The Kier molecular flexibility index (Phi) is 5.08. The number of amides is 1. The molecule has 5 atom stereocenters. The molecule has 6 rings (SSSR count). The molecule has 0 spiro atoms. The van der Waals surface area contributed by atoms with E-state index in [-0.39, 0.29) is 23.4 Å². The second-order valence-corrected chi connectivity index (χ2v) is 11.2. The van der Waals surface area contributed by atoms with Gasteiger partial charge in [0.2, 0.25) is 5.91 Å². The number of anilines is 1. The van der Waals surface area contributed by atoms with Crippen LogP contribution in [0.5, 0.6) is 5.75 Å². The van der Waals surface area contributed by atoms with E-state index in [0.29, 0.717) is 18.1 Å². The molecule has 2 heterocycles. The topological polar surface area (TPSA) is 85.7 Å². The zero-order valence-electron chi connectivity index (χ0n) is 19.8. The van der Waals surface area contributed by atoms with E-state index in [4.69, 9.17) is 10.1 Å². The van der Waals surface area contributed by atoms with E-state index >= 15 is 0 Å². The van der Waals surface area contributed by atoms with Crippen LogP contribution >= 0.6 is 0 Å².